The number of ether oxygens (including phenoxy) is 1. The van der Waals surface area contributed by atoms with Crippen molar-refractivity contribution in [2.75, 3.05) is 13.7 Å². The highest BCUT2D eigenvalue weighted by Crippen LogP contribution is 2.05. The molecule has 0 aromatic heterocycles. The molecule has 0 bridgehead atoms. The molecule has 0 fully saturated rings. The highest BCUT2D eigenvalue weighted by molar-refractivity contribution is 5.14. The van der Waals surface area contributed by atoms with Crippen LogP contribution < -0.4 is 5.32 Å². The van der Waals surface area contributed by atoms with Crippen LogP contribution in [0.5, 0.6) is 0 Å². The van der Waals surface area contributed by atoms with E-state index >= 15 is 0 Å². The second-order valence-electron chi connectivity index (χ2n) is 4.22. The number of rotatable bonds is 9. The lowest BCUT2D eigenvalue weighted by Crippen LogP contribution is -2.12. The number of methoxy groups -OCH3 is 1. The van der Waals surface area contributed by atoms with E-state index in [2.05, 4.69) is 48.3 Å². The third kappa shape index (κ3) is 6.92. The molecule has 0 amide bonds. The van der Waals surface area contributed by atoms with Crippen molar-refractivity contribution >= 4 is 0 Å². The van der Waals surface area contributed by atoms with Gasteiger partial charge in [-0.25, -0.2) is 0 Å². The van der Waals surface area contributed by atoms with E-state index in [0.29, 0.717) is 0 Å². The Morgan fingerprint density at radius 1 is 1.28 bits per heavy atom. The number of nitrogens with one attached hydrogen (secondary N) is 1. The maximum absolute atomic E-state index is 5.01. The van der Waals surface area contributed by atoms with Gasteiger partial charge in [-0.1, -0.05) is 49.1 Å². The van der Waals surface area contributed by atoms with Crippen molar-refractivity contribution in [1.29, 1.82) is 0 Å². The lowest BCUT2D eigenvalue weighted by atomic mass is 10.2. The molecule has 2 nitrogen and oxygen atoms in total. The molecule has 98 valence electrons. The van der Waals surface area contributed by atoms with Crippen LogP contribution in [0.1, 0.15) is 24.8 Å². The normalized spacial score (nSPS) is 10.7. The standard InChI is InChI=1S/C16H23NO/c1-15(18-2)10-6-3-4-9-13-17-14-16-11-7-5-8-12-16/h4-5,7-9,11-12,17H,1,3,6,10,13-14H2,2H3/b9-4+. The average molecular weight is 245 g/mol. The Labute approximate surface area is 110 Å². The molecule has 0 radical (unpaired) electrons. The molecule has 18 heavy (non-hydrogen) atoms. The maximum atomic E-state index is 5.01. The quantitative estimate of drug-likeness (QED) is 0.407. The summed E-state index contributed by atoms with van der Waals surface area (Å²) in [7, 11) is 1.67. The highest BCUT2D eigenvalue weighted by atomic mass is 16.5. The van der Waals surface area contributed by atoms with Crippen LogP contribution in [-0.2, 0) is 11.3 Å². The second-order valence-corrected chi connectivity index (χ2v) is 4.22. The predicted octanol–water partition coefficient (Wildman–Crippen LogP) is 3.66. The van der Waals surface area contributed by atoms with Gasteiger partial charge in [0, 0.05) is 19.5 Å². The van der Waals surface area contributed by atoms with E-state index in [1.54, 1.807) is 7.11 Å². The van der Waals surface area contributed by atoms with E-state index in [1.165, 1.54) is 5.56 Å². The molecule has 2 heteroatoms. The van der Waals surface area contributed by atoms with E-state index in [-0.39, 0.29) is 0 Å². The largest absolute Gasteiger partial charge is 0.502 e. The first-order valence-electron chi connectivity index (χ1n) is 6.44. The third-order valence-electron chi connectivity index (χ3n) is 2.72. The molecule has 1 rings (SSSR count). The van der Waals surface area contributed by atoms with Crippen molar-refractivity contribution in [3.63, 3.8) is 0 Å². The minimum atomic E-state index is 0.866. The zero-order chi connectivity index (χ0) is 13.1. The Bertz CT molecular complexity index is 357. The zero-order valence-corrected chi connectivity index (χ0v) is 11.2. The molecular weight excluding hydrogens is 222 g/mol. The van der Waals surface area contributed by atoms with Crippen molar-refractivity contribution < 1.29 is 4.74 Å². The van der Waals surface area contributed by atoms with E-state index in [1.807, 2.05) is 6.07 Å². The summed E-state index contributed by atoms with van der Waals surface area (Å²) in [6.07, 6.45) is 7.51. The van der Waals surface area contributed by atoms with Gasteiger partial charge in [0.1, 0.15) is 0 Å². The summed E-state index contributed by atoms with van der Waals surface area (Å²) in [4.78, 5) is 0. The Hall–Kier alpha value is -1.54. The van der Waals surface area contributed by atoms with Gasteiger partial charge in [-0.15, -0.1) is 0 Å². The van der Waals surface area contributed by atoms with Crippen LogP contribution in [0.15, 0.2) is 54.8 Å². The van der Waals surface area contributed by atoms with Crippen LogP contribution in [0.4, 0.5) is 0 Å². The van der Waals surface area contributed by atoms with Gasteiger partial charge in [-0.2, -0.15) is 0 Å². The molecule has 0 aliphatic rings. The Morgan fingerprint density at radius 3 is 2.78 bits per heavy atom. The van der Waals surface area contributed by atoms with E-state index in [0.717, 1.165) is 38.1 Å². The average Bonchev–Trinajstić information content (AvgIpc) is 2.42. The fourth-order valence-corrected chi connectivity index (χ4v) is 1.62. The minimum absolute atomic E-state index is 0.866. The number of hydrogen-bond donors (Lipinski definition) is 1. The monoisotopic (exact) mass is 245 g/mol. The first-order chi connectivity index (χ1) is 8.83. The highest BCUT2D eigenvalue weighted by Gasteiger charge is 1.90. The number of benzene rings is 1. The van der Waals surface area contributed by atoms with Gasteiger partial charge in [-0.3, -0.25) is 0 Å². The molecule has 0 heterocycles. The summed E-state index contributed by atoms with van der Waals surface area (Å²) in [6, 6.07) is 10.4. The van der Waals surface area contributed by atoms with Crippen molar-refractivity contribution in [2.24, 2.45) is 0 Å². The lowest BCUT2D eigenvalue weighted by molar-refractivity contribution is 0.277. The molecule has 0 atom stereocenters. The molecule has 1 aromatic rings. The van der Waals surface area contributed by atoms with Crippen molar-refractivity contribution in [1.82, 2.24) is 5.32 Å². The molecule has 0 saturated heterocycles. The fourth-order valence-electron chi connectivity index (χ4n) is 1.62. The first-order valence-corrected chi connectivity index (χ1v) is 6.44. The van der Waals surface area contributed by atoms with Gasteiger partial charge in [0.2, 0.25) is 0 Å². The zero-order valence-electron chi connectivity index (χ0n) is 11.2. The predicted molar refractivity (Wildman–Crippen MR) is 77.3 cm³/mol. The topological polar surface area (TPSA) is 21.3 Å². The Morgan fingerprint density at radius 2 is 2.06 bits per heavy atom. The number of hydrogen-bond acceptors (Lipinski definition) is 2. The molecule has 0 saturated carbocycles. The van der Waals surface area contributed by atoms with Gasteiger partial charge in [0.05, 0.1) is 12.9 Å². The van der Waals surface area contributed by atoms with Crippen LogP contribution in [0, 0.1) is 0 Å². The molecule has 1 N–H and O–H groups in total. The summed E-state index contributed by atoms with van der Waals surface area (Å²) in [5.41, 5.74) is 1.32. The SMILES string of the molecule is C=C(CCC/C=C/CNCc1ccccc1)OC. The van der Waals surface area contributed by atoms with Crippen molar-refractivity contribution in [2.45, 2.75) is 25.8 Å². The van der Waals surface area contributed by atoms with E-state index < -0.39 is 0 Å². The minimum Gasteiger partial charge on any atom is -0.502 e. The third-order valence-corrected chi connectivity index (χ3v) is 2.72. The van der Waals surface area contributed by atoms with Gasteiger partial charge >= 0.3 is 0 Å². The summed E-state index contributed by atoms with van der Waals surface area (Å²) in [5, 5.41) is 3.38. The molecule has 1 aromatic carbocycles. The maximum Gasteiger partial charge on any atom is 0.0884 e. The van der Waals surface area contributed by atoms with Gasteiger partial charge in [0.25, 0.3) is 0 Å². The molecular formula is C16H23NO. The lowest BCUT2D eigenvalue weighted by Gasteiger charge is -2.02. The second kappa shape index (κ2) is 9.49. The fraction of sp³-hybridized carbons (Fsp3) is 0.375. The van der Waals surface area contributed by atoms with Crippen LogP contribution in [0.2, 0.25) is 0 Å². The first kappa shape index (κ1) is 14.5. The summed E-state index contributed by atoms with van der Waals surface area (Å²) < 4.78 is 5.01. The van der Waals surface area contributed by atoms with E-state index in [9.17, 15) is 0 Å². The molecule has 0 unspecified atom stereocenters. The van der Waals surface area contributed by atoms with E-state index in [4.69, 9.17) is 4.74 Å². The number of allylic oxidation sites excluding steroid dienone is 2. The summed E-state index contributed by atoms with van der Waals surface area (Å²) >= 11 is 0. The van der Waals surface area contributed by atoms with Crippen LogP contribution in [-0.4, -0.2) is 13.7 Å². The van der Waals surface area contributed by atoms with Crippen LogP contribution >= 0.6 is 0 Å². The van der Waals surface area contributed by atoms with Gasteiger partial charge in [0.15, 0.2) is 0 Å². The summed E-state index contributed by atoms with van der Waals surface area (Å²) in [6.45, 7) is 5.63. The van der Waals surface area contributed by atoms with Crippen LogP contribution in [0.3, 0.4) is 0 Å². The van der Waals surface area contributed by atoms with Crippen molar-refractivity contribution in [3.8, 4) is 0 Å². The molecule has 0 aliphatic carbocycles. The molecule has 0 spiro atoms. The Kier molecular flexibility index (Phi) is 7.65. The van der Waals surface area contributed by atoms with Crippen LogP contribution in [0.25, 0.3) is 0 Å². The van der Waals surface area contributed by atoms with Gasteiger partial charge in [-0.05, 0) is 18.4 Å². The Balaban J connectivity index is 1.99. The van der Waals surface area contributed by atoms with Gasteiger partial charge < -0.3 is 10.1 Å². The van der Waals surface area contributed by atoms with Crippen molar-refractivity contribution in [3.05, 3.63) is 60.4 Å². The molecule has 0 aliphatic heterocycles. The number of unbranched alkanes of at least 4 members (excludes halogenated alkanes) is 1. The summed E-state index contributed by atoms with van der Waals surface area (Å²) in [5.74, 6) is 0.866. The smallest absolute Gasteiger partial charge is 0.0884 e.